The molecule has 0 spiro atoms. The van der Waals surface area contributed by atoms with E-state index in [4.69, 9.17) is 17.3 Å². The first kappa shape index (κ1) is 11.4. The quantitative estimate of drug-likeness (QED) is 0.441. The molecule has 0 amide bonds. The average molecular weight is 247 g/mol. The van der Waals surface area contributed by atoms with Crippen molar-refractivity contribution in [3.63, 3.8) is 0 Å². The highest BCUT2D eigenvalue weighted by Gasteiger charge is 1.99. The van der Waals surface area contributed by atoms with E-state index in [9.17, 15) is 4.39 Å². The lowest BCUT2D eigenvalue weighted by molar-refractivity contribution is 0.583. The number of anilines is 1. The molecular formula is C13H8ClFN2. The van der Waals surface area contributed by atoms with Crippen molar-refractivity contribution >= 4 is 17.3 Å². The highest BCUT2D eigenvalue weighted by Crippen LogP contribution is 2.14. The van der Waals surface area contributed by atoms with Gasteiger partial charge in [-0.2, -0.15) is 4.39 Å². The van der Waals surface area contributed by atoms with Crippen LogP contribution in [0.1, 0.15) is 11.1 Å². The Morgan fingerprint density at radius 1 is 1.24 bits per heavy atom. The average Bonchev–Trinajstić information content (AvgIpc) is 2.28. The molecule has 1 aromatic carbocycles. The van der Waals surface area contributed by atoms with E-state index in [1.54, 1.807) is 12.1 Å². The molecule has 1 aromatic heterocycles. The molecule has 84 valence electrons. The van der Waals surface area contributed by atoms with Crippen molar-refractivity contribution in [1.82, 2.24) is 4.98 Å². The molecule has 0 fully saturated rings. The van der Waals surface area contributed by atoms with Gasteiger partial charge >= 0.3 is 0 Å². The maximum atomic E-state index is 12.7. The van der Waals surface area contributed by atoms with E-state index in [0.717, 1.165) is 11.6 Å². The zero-order valence-corrected chi connectivity index (χ0v) is 9.50. The van der Waals surface area contributed by atoms with E-state index in [2.05, 4.69) is 16.8 Å². The molecule has 17 heavy (non-hydrogen) atoms. The van der Waals surface area contributed by atoms with Gasteiger partial charge in [0.1, 0.15) is 0 Å². The second-order valence-electron chi connectivity index (χ2n) is 3.36. The lowest BCUT2D eigenvalue weighted by Gasteiger charge is -1.95. The SMILES string of the molecule is Nc1cccc(C#Cc2cnc(F)cc2Cl)c1. The lowest BCUT2D eigenvalue weighted by atomic mass is 10.2. The van der Waals surface area contributed by atoms with Gasteiger partial charge < -0.3 is 5.73 Å². The number of hydrogen-bond acceptors (Lipinski definition) is 2. The topological polar surface area (TPSA) is 38.9 Å². The van der Waals surface area contributed by atoms with E-state index in [1.807, 2.05) is 12.1 Å². The Labute approximate surface area is 103 Å². The summed E-state index contributed by atoms with van der Waals surface area (Å²) in [5, 5.41) is 0.244. The summed E-state index contributed by atoms with van der Waals surface area (Å²) in [7, 11) is 0. The first-order valence-electron chi connectivity index (χ1n) is 4.84. The third-order valence-electron chi connectivity index (χ3n) is 2.05. The number of pyridine rings is 1. The van der Waals surface area contributed by atoms with Crippen LogP contribution >= 0.6 is 11.6 Å². The van der Waals surface area contributed by atoms with Crippen LogP contribution in [0.5, 0.6) is 0 Å². The Kier molecular flexibility index (Phi) is 3.27. The Morgan fingerprint density at radius 2 is 2.06 bits per heavy atom. The summed E-state index contributed by atoms with van der Waals surface area (Å²) in [6.07, 6.45) is 1.30. The summed E-state index contributed by atoms with van der Waals surface area (Å²) in [4.78, 5) is 3.49. The number of rotatable bonds is 0. The molecule has 0 radical (unpaired) electrons. The van der Waals surface area contributed by atoms with E-state index in [0.29, 0.717) is 11.3 Å². The molecule has 0 saturated heterocycles. The van der Waals surface area contributed by atoms with Crippen LogP contribution in [0.4, 0.5) is 10.1 Å². The molecule has 0 saturated carbocycles. The molecule has 0 unspecified atom stereocenters. The third kappa shape index (κ3) is 2.96. The van der Waals surface area contributed by atoms with Crippen molar-refractivity contribution in [1.29, 1.82) is 0 Å². The van der Waals surface area contributed by atoms with Gasteiger partial charge in [-0.1, -0.05) is 29.5 Å². The van der Waals surface area contributed by atoms with Crippen LogP contribution in [0.15, 0.2) is 36.5 Å². The van der Waals surface area contributed by atoms with Gasteiger partial charge in [-0.15, -0.1) is 0 Å². The van der Waals surface area contributed by atoms with Gasteiger partial charge in [0.25, 0.3) is 0 Å². The fourth-order valence-electron chi connectivity index (χ4n) is 1.26. The van der Waals surface area contributed by atoms with Crippen molar-refractivity contribution in [3.8, 4) is 11.8 Å². The predicted octanol–water partition coefficient (Wildman–Crippen LogP) is 2.86. The highest BCUT2D eigenvalue weighted by atomic mass is 35.5. The molecule has 0 atom stereocenters. The van der Waals surface area contributed by atoms with Gasteiger partial charge in [0, 0.05) is 23.5 Å². The lowest BCUT2D eigenvalue weighted by Crippen LogP contribution is -1.86. The third-order valence-corrected chi connectivity index (χ3v) is 2.36. The number of hydrogen-bond donors (Lipinski definition) is 1. The summed E-state index contributed by atoms with van der Waals surface area (Å²) >= 11 is 5.82. The first-order chi connectivity index (χ1) is 8.15. The van der Waals surface area contributed by atoms with E-state index < -0.39 is 5.95 Å². The fraction of sp³-hybridized carbons (Fsp3) is 0. The molecule has 2 N–H and O–H groups in total. The van der Waals surface area contributed by atoms with Crippen molar-refractivity contribution in [2.45, 2.75) is 0 Å². The zero-order chi connectivity index (χ0) is 12.3. The minimum absolute atomic E-state index is 0.244. The van der Waals surface area contributed by atoms with Crippen molar-refractivity contribution in [2.75, 3.05) is 5.73 Å². The number of benzene rings is 1. The van der Waals surface area contributed by atoms with Gasteiger partial charge in [0.15, 0.2) is 0 Å². The first-order valence-corrected chi connectivity index (χ1v) is 5.21. The molecule has 0 bridgehead atoms. The summed E-state index contributed by atoms with van der Waals surface area (Å²) in [5.41, 5.74) is 7.51. The largest absolute Gasteiger partial charge is 0.399 e. The maximum absolute atomic E-state index is 12.7. The van der Waals surface area contributed by atoms with E-state index in [-0.39, 0.29) is 5.02 Å². The minimum atomic E-state index is -0.621. The van der Waals surface area contributed by atoms with Crippen molar-refractivity contribution in [3.05, 3.63) is 58.6 Å². The van der Waals surface area contributed by atoms with E-state index >= 15 is 0 Å². The number of nitrogens with zero attached hydrogens (tertiary/aromatic N) is 1. The van der Waals surface area contributed by atoms with Gasteiger partial charge in [0.2, 0.25) is 5.95 Å². The number of nitrogens with two attached hydrogens (primary N) is 1. The monoisotopic (exact) mass is 246 g/mol. The molecule has 1 heterocycles. The van der Waals surface area contributed by atoms with Crippen LogP contribution in [0, 0.1) is 17.8 Å². The van der Waals surface area contributed by atoms with Gasteiger partial charge in [-0.25, -0.2) is 4.98 Å². The molecule has 2 rings (SSSR count). The van der Waals surface area contributed by atoms with Crippen LogP contribution in [0.2, 0.25) is 5.02 Å². The van der Waals surface area contributed by atoms with Crippen LogP contribution in [0.25, 0.3) is 0 Å². The van der Waals surface area contributed by atoms with E-state index in [1.165, 1.54) is 6.20 Å². The molecule has 0 aliphatic heterocycles. The summed E-state index contributed by atoms with van der Waals surface area (Å²) < 4.78 is 12.7. The number of aromatic nitrogens is 1. The molecule has 4 heteroatoms. The second kappa shape index (κ2) is 4.86. The summed E-state index contributed by atoms with van der Waals surface area (Å²) in [6, 6.07) is 8.29. The highest BCUT2D eigenvalue weighted by molar-refractivity contribution is 6.31. The Balaban J connectivity index is 2.33. The van der Waals surface area contributed by atoms with Crippen LogP contribution in [0.3, 0.4) is 0 Å². The Morgan fingerprint density at radius 3 is 2.76 bits per heavy atom. The van der Waals surface area contributed by atoms with Crippen molar-refractivity contribution < 1.29 is 4.39 Å². The number of halogens is 2. The summed E-state index contributed by atoms with van der Waals surface area (Å²) in [5.74, 6) is 5.08. The molecule has 0 aliphatic carbocycles. The van der Waals surface area contributed by atoms with Crippen LogP contribution in [-0.2, 0) is 0 Å². The van der Waals surface area contributed by atoms with Crippen molar-refractivity contribution in [2.24, 2.45) is 0 Å². The van der Waals surface area contributed by atoms with Gasteiger partial charge in [-0.3, -0.25) is 0 Å². The molecular weight excluding hydrogens is 239 g/mol. The number of nitrogen functional groups attached to an aromatic ring is 1. The smallest absolute Gasteiger partial charge is 0.214 e. The Hall–Kier alpha value is -2.05. The minimum Gasteiger partial charge on any atom is -0.399 e. The molecule has 0 aliphatic rings. The van der Waals surface area contributed by atoms with Gasteiger partial charge in [0.05, 0.1) is 10.6 Å². The van der Waals surface area contributed by atoms with Crippen LogP contribution in [-0.4, -0.2) is 4.98 Å². The standard InChI is InChI=1S/C13H8ClFN2/c14-12-7-13(15)17-8-10(12)5-4-9-2-1-3-11(16)6-9/h1-3,6-8H,16H2. The normalized spacial score (nSPS) is 9.53. The molecule has 2 aromatic rings. The summed E-state index contributed by atoms with van der Waals surface area (Å²) in [6.45, 7) is 0. The van der Waals surface area contributed by atoms with Gasteiger partial charge in [-0.05, 0) is 18.2 Å². The zero-order valence-electron chi connectivity index (χ0n) is 8.74. The Bertz CT molecular complexity index is 614. The maximum Gasteiger partial charge on any atom is 0.214 e. The second-order valence-corrected chi connectivity index (χ2v) is 3.77. The predicted molar refractivity (Wildman–Crippen MR) is 66.0 cm³/mol. The fourth-order valence-corrected chi connectivity index (χ4v) is 1.44. The van der Waals surface area contributed by atoms with Crippen LogP contribution < -0.4 is 5.73 Å². The molecule has 2 nitrogen and oxygen atoms in total.